The minimum Gasteiger partial charge on any atom is -0.450 e. The average molecular weight is 353 g/mol. The number of carbonyl (C=O) groups is 1. The quantitative estimate of drug-likeness (QED) is 0.589. The van der Waals surface area contributed by atoms with Crippen LogP contribution in [-0.4, -0.2) is 50.6 Å². The second kappa shape index (κ2) is 6.71. The molecular weight excluding hydrogens is 336 g/mol. The maximum absolute atomic E-state index is 13.1. The monoisotopic (exact) mass is 353 g/mol. The van der Waals surface area contributed by atoms with Gasteiger partial charge in [0, 0.05) is 5.41 Å². The predicted molar refractivity (Wildman–Crippen MR) is 64.5 cm³/mol. The molecule has 1 N–H and O–H groups in total. The van der Waals surface area contributed by atoms with E-state index in [0.29, 0.717) is 0 Å². The molecule has 0 bridgehead atoms. The van der Waals surface area contributed by atoms with E-state index in [0.717, 1.165) is 5.32 Å². The highest BCUT2D eigenvalue weighted by Gasteiger charge is 2.74. The minimum absolute atomic E-state index is 0.0191. The zero-order valence-corrected chi connectivity index (χ0v) is 12.4. The molecular formula is C12H17F6NO4. The van der Waals surface area contributed by atoms with Crippen LogP contribution < -0.4 is 5.32 Å². The van der Waals surface area contributed by atoms with E-state index in [1.54, 1.807) is 6.92 Å². The Labute approximate surface area is 128 Å². The van der Waals surface area contributed by atoms with Crippen LogP contribution in [0.1, 0.15) is 20.3 Å². The SMILES string of the molecule is CCOC(=O)NC(OCC1(CC)COC1)(C(F)(F)F)C(F)(F)F. The van der Waals surface area contributed by atoms with Gasteiger partial charge in [-0.3, -0.25) is 5.32 Å². The van der Waals surface area contributed by atoms with Gasteiger partial charge < -0.3 is 14.2 Å². The molecule has 0 aromatic carbocycles. The molecule has 1 rings (SSSR count). The fourth-order valence-corrected chi connectivity index (χ4v) is 1.85. The van der Waals surface area contributed by atoms with Crippen LogP contribution in [0.5, 0.6) is 0 Å². The summed E-state index contributed by atoms with van der Waals surface area (Å²) in [6.45, 7) is 1.51. The average Bonchev–Trinajstić information content (AvgIpc) is 2.33. The molecule has 1 saturated heterocycles. The van der Waals surface area contributed by atoms with Crippen molar-refractivity contribution in [3.63, 3.8) is 0 Å². The van der Waals surface area contributed by atoms with Crippen molar-refractivity contribution in [3.05, 3.63) is 0 Å². The molecule has 136 valence electrons. The molecule has 1 aliphatic rings. The molecule has 23 heavy (non-hydrogen) atoms. The standard InChI is InChI=1S/C12H17F6NO4/c1-3-9(5-21-6-9)7-23-10(11(13,14)15,12(16,17)18)19-8(20)22-4-2/h3-7H2,1-2H3,(H,19,20). The largest absolute Gasteiger partial charge is 0.450 e. The molecule has 11 heteroatoms. The van der Waals surface area contributed by atoms with Crippen LogP contribution in [0.25, 0.3) is 0 Å². The normalized spacial score (nSPS) is 18.3. The first kappa shape index (κ1) is 19.8. The molecule has 0 unspecified atom stereocenters. The lowest BCUT2D eigenvalue weighted by atomic mass is 9.84. The number of rotatable bonds is 6. The summed E-state index contributed by atoms with van der Waals surface area (Å²) in [6.07, 6.45) is -13.5. The first-order valence-electron chi connectivity index (χ1n) is 6.73. The lowest BCUT2D eigenvalue weighted by molar-refractivity contribution is -0.396. The Morgan fingerprint density at radius 1 is 1.13 bits per heavy atom. The van der Waals surface area contributed by atoms with E-state index in [-0.39, 0.29) is 19.6 Å². The third-order valence-electron chi connectivity index (χ3n) is 3.51. The number of halogens is 6. The molecule has 0 atom stereocenters. The van der Waals surface area contributed by atoms with E-state index in [4.69, 9.17) is 4.74 Å². The van der Waals surface area contributed by atoms with Crippen molar-refractivity contribution >= 4 is 6.09 Å². The minimum atomic E-state index is -5.93. The number of alkyl halides is 6. The van der Waals surface area contributed by atoms with Gasteiger partial charge in [-0.1, -0.05) is 6.92 Å². The van der Waals surface area contributed by atoms with Gasteiger partial charge in [-0.15, -0.1) is 0 Å². The summed E-state index contributed by atoms with van der Waals surface area (Å²) in [5, 5.41) is 0.782. The van der Waals surface area contributed by atoms with Gasteiger partial charge in [0.25, 0.3) is 0 Å². The van der Waals surface area contributed by atoms with E-state index >= 15 is 0 Å². The van der Waals surface area contributed by atoms with Gasteiger partial charge in [0.15, 0.2) is 0 Å². The fraction of sp³-hybridized carbons (Fsp3) is 0.917. The van der Waals surface area contributed by atoms with Crippen LogP contribution in [0.15, 0.2) is 0 Å². The topological polar surface area (TPSA) is 56.8 Å². The lowest BCUT2D eigenvalue weighted by Gasteiger charge is -2.44. The number of amides is 1. The van der Waals surface area contributed by atoms with E-state index in [1.807, 2.05) is 0 Å². The fourth-order valence-electron chi connectivity index (χ4n) is 1.85. The van der Waals surface area contributed by atoms with Gasteiger partial charge in [-0.25, -0.2) is 4.79 Å². The lowest BCUT2D eigenvalue weighted by Crippen LogP contribution is -2.70. The Kier molecular flexibility index (Phi) is 5.79. The first-order chi connectivity index (χ1) is 10.4. The summed E-state index contributed by atoms with van der Waals surface area (Å²) in [6, 6.07) is 0. The molecule has 1 heterocycles. The molecule has 1 fully saturated rings. The number of hydrogen-bond donors (Lipinski definition) is 1. The predicted octanol–water partition coefficient (Wildman–Crippen LogP) is 3.00. The number of carbonyl (C=O) groups excluding carboxylic acids is 1. The van der Waals surface area contributed by atoms with Crippen LogP contribution in [0, 0.1) is 5.41 Å². The van der Waals surface area contributed by atoms with Gasteiger partial charge in [-0.05, 0) is 13.3 Å². The Balaban J connectivity index is 3.09. The van der Waals surface area contributed by atoms with Gasteiger partial charge in [-0.2, -0.15) is 26.3 Å². The molecule has 1 amide bonds. The van der Waals surface area contributed by atoms with Gasteiger partial charge in [0.2, 0.25) is 0 Å². The van der Waals surface area contributed by atoms with Crippen molar-refractivity contribution in [2.75, 3.05) is 26.4 Å². The molecule has 0 spiro atoms. The molecule has 5 nitrogen and oxygen atoms in total. The first-order valence-corrected chi connectivity index (χ1v) is 6.73. The second-order valence-electron chi connectivity index (χ2n) is 5.16. The third-order valence-corrected chi connectivity index (χ3v) is 3.51. The summed E-state index contributed by atoms with van der Waals surface area (Å²) in [7, 11) is 0. The highest BCUT2D eigenvalue weighted by Crippen LogP contribution is 2.45. The Hall–Kier alpha value is -1.23. The van der Waals surface area contributed by atoms with Gasteiger partial charge in [0.05, 0.1) is 26.4 Å². The number of alkyl carbamates (subject to hydrolysis) is 1. The van der Waals surface area contributed by atoms with E-state index < -0.39 is 42.8 Å². The van der Waals surface area contributed by atoms with Crippen molar-refractivity contribution in [2.45, 2.75) is 38.3 Å². The van der Waals surface area contributed by atoms with Crippen molar-refractivity contribution in [3.8, 4) is 0 Å². The third kappa shape index (κ3) is 4.00. The zero-order valence-electron chi connectivity index (χ0n) is 12.4. The van der Waals surface area contributed by atoms with Crippen LogP contribution in [0.3, 0.4) is 0 Å². The highest BCUT2D eigenvalue weighted by atomic mass is 19.4. The smallest absolute Gasteiger partial charge is 0.446 e. The van der Waals surface area contributed by atoms with Crippen LogP contribution in [0.4, 0.5) is 31.1 Å². The van der Waals surface area contributed by atoms with Crippen LogP contribution >= 0.6 is 0 Å². The Morgan fingerprint density at radius 2 is 1.65 bits per heavy atom. The summed E-state index contributed by atoms with van der Waals surface area (Å²) >= 11 is 0. The number of nitrogens with one attached hydrogen (secondary N) is 1. The molecule has 1 aliphatic heterocycles. The maximum atomic E-state index is 13.1. The zero-order chi connectivity index (χ0) is 17.9. The van der Waals surface area contributed by atoms with E-state index in [1.165, 1.54) is 6.92 Å². The number of hydrogen-bond acceptors (Lipinski definition) is 4. The van der Waals surface area contributed by atoms with Gasteiger partial charge >= 0.3 is 24.2 Å². The molecule has 0 aromatic heterocycles. The second-order valence-corrected chi connectivity index (χ2v) is 5.16. The van der Waals surface area contributed by atoms with E-state index in [2.05, 4.69) is 9.47 Å². The summed E-state index contributed by atoms with van der Waals surface area (Å²) in [4.78, 5) is 11.2. The summed E-state index contributed by atoms with van der Waals surface area (Å²) in [5.74, 6) is 0. The Bertz CT molecular complexity index is 399. The molecule has 0 saturated carbocycles. The van der Waals surface area contributed by atoms with Crippen molar-refractivity contribution in [1.29, 1.82) is 0 Å². The van der Waals surface area contributed by atoms with Gasteiger partial charge in [0.1, 0.15) is 0 Å². The number of ether oxygens (including phenoxy) is 3. The molecule has 0 aromatic rings. The summed E-state index contributed by atoms with van der Waals surface area (Å²) < 4.78 is 92.0. The van der Waals surface area contributed by atoms with Crippen molar-refractivity contribution < 1.29 is 45.3 Å². The molecule has 0 aliphatic carbocycles. The molecule has 0 radical (unpaired) electrons. The van der Waals surface area contributed by atoms with Crippen LogP contribution in [0.2, 0.25) is 0 Å². The van der Waals surface area contributed by atoms with Crippen molar-refractivity contribution in [1.82, 2.24) is 5.32 Å². The highest BCUT2D eigenvalue weighted by molar-refractivity contribution is 5.68. The van der Waals surface area contributed by atoms with Crippen LogP contribution in [-0.2, 0) is 14.2 Å². The summed E-state index contributed by atoms with van der Waals surface area (Å²) in [5.41, 5.74) is -5.79. The van der Waals surface area contributed by atoms with E-state index in [9.17, 15) is 31.1 Å². The maximum Gasteiger partial charge on any atom is 0.446 e. The Morgan fingerprint density at radius 3 is 1.96 bits per heavy atom. The van der Waals surface area contributed by atoms with Crippen molar-refractivity contribution in [2.24, 2.45) is 5.41 Å².